The molecule has 3 aliphatic carbocycles. The van der Waals surface area contributed by atoms with Crippen molar-refractivity contribution >= 4 is 29.1 Å². The maximum atomic E-state index is 13.5. The van der Waals surface area contributed by atoms with Gasteiger partial charge in [-0.2, -0.15) is 5.48 Å². The fraction of sp³-hybridized carbons (Fsp3) is 0.391. The molecule has 1 aromatic carbocycles. The number of anilines is 1. The smallest absolute Gasteiger partial charge is 0.255 e. The van der Waals surface area contributed by atoms with E-state index in [1.807, 2.05) is 0 Å². The first-order valence-corrected chi connectivity index (χ1v) is 11.0. The third kappa shape index (κ3) is 3.47. The van der Waals surface area contributed by atoms with E-state index in [9.17, 15) is 39.6 Å². The Hall–Kier alpha value is -3.78. The summed E-state index contributed by atoms with van der Waals surface area (Å²) in [4.78, 5) is 52.0. The molecule has 0 spiro atoms. The Morgan fingerprint density at radius 2 is 1.86 bits per heavy atom. The number of Topliss-reactive ketones (excluding diaryl/α,β-unsaturated/α-hetero) is 2. The molecule has 13 nitrogen and oxygen atoms in total. The molecule has 0 aliphatic heterocycles. The molecule has 0 fully saturated rings. The second-order valence-electron chi connectivity index (χ2n) is 9.34. The van der Waals surface area contributed by atoms with E-state index < -0.39 is 76.2 Å². The van der Waals surface area contributed by atoms with Crippen molar-refractivity contribution in [3.63, 3.8) is 0 Å². The number of likely N-dealkylation sites (N-methyl/N-ethyl adjacent to an activating group) is 1. The number of aliphatic hydroxyl groups excluding tert-OH is 2. The first-order chi connectivity index (χ1) is 16.9. The fourth-order valence-corrected chi connectivity index (χ4v) is 5.59. The van der Waals surface area contributed by atoms with E-state index in [2.05, 4.69) is 5.32 Å². The lowest BCUT2D eigenvalue weighted by atomic mass is 9.58. The monoisotopic (exact) mass is 502 g/mol. The van der Waals surface area contributed by atoms with Crippen LogP contribution < -0.4 is 16.5 Å². The van der Waals surface area contributed by atoms with Gasteiger partial charge in [-0.15, -0.1) is 0 Å². The number of benzene rings is 1. The highest BCUT2D eigenvalue weighted by Gasteiger charge is 2.63. The van der Waals surface area contributed by atoms with Crippen molar-refractivity contribution in [3.05, 3.63) is 45.9 Å². The van der Waals surface area contributed by atoms with E-state index >= 15 is 0 Å². The summed E-state index contributed by atoms with van der Waals surface area (Å²) in [5.41, 5.74) is 3.11. The van der Waals surface area contributed by atoms with Gasteiger partial charge in [0, 0.05) is 11.5 Å². The average molecular weight is 502 g/mol. The maximum Gasteiger partial charge on any atom is 0.255 e. The van der Waals surface area contributed by atoms with Gasteiger partial charge in [-0.25, -0.2) is 0 Å². The van der Waals surface area contributed by atoms with Gasteiger partial charge < -0.3 is 36.7 Å². The number of nitrogens with one attached hydrogen (secondary N) is 2. The molecule has 13 heteroatoms. The Labute approximate surface area is 204 Å². The number of hydrogen-bond acceptors (Lipinski definition) is 11. The molecule has 3 aliphatic rings. The van der Waals surface area contributed by atoms with E-state index in [0.717, 1.165) is 0 Å². The van der Waals surface area contributed by atoms with Gasteiger partial charge in [-0.3, -0.25) is 24.1 Å². The lowest BCUT2D eigenvalue weighted by Crippen LogP contribution is -2.63. The van der Waals surface area contributed by atoms with E-state index in [1.54, 1.807) is 19.6 Å². The number of nitrogens with two attached hydrogens (primary N) is 1. The summed E-state index contributed by atoms with van der Waals surface area (Å²) in [5.74, 6) is -8.19. The van der Waals surface area contributed by atoms with Crippen molar-refractivity contribution < 1.29 is 44.8 Å². The van der Waals surface area contributed by atoms with Crippen LogP contribution in [-0.2, 0) is 20.8 Å². The zero-order valence-corrected chi connectivity index (χ0v) is 19.4. The average Bonchev–Trinajstić information content (AvgIpc) is 2.78. The molecule has 4 atom stereocenters. The van der Waals surface area contributed by atoms with Crippen LogP contribution >= 0.6 is 0 Å². The molecular formula is C23H26N4O9. The SMILES string of the molecule is CN(C)[C@@H]1C(O)=C(C(N)=O)C(=O)C2(O)C(O)=C3C(=O)c4c(ccc(NC(=O)CNO)c4O)CC3CC12. The molecule has 192 valence electrons. The van der Waals surface area contributed by atoms with Crippen molar-refractivity contribution in [2.24, 2.45) is 17.6 Å². The Morgan fingerprint density at radius 3 is 2.44 bits per heavy atom. The third-order valence-corrected chi connectivity index (χ3v) is 7.11. The summed E-state index contributed by atoms with van der Waals surface area (Å²) in [5, 5.41) is 55.2. The largest absolute Gasteiger partial charge is 0.510 e. The quantitative estimate of drug-likeness (QED) is 0.139. The molecule has 0 saturated carbocycles. The highest BCUT2D eigenvalue weighted by Crippen LogP contribution is 2.52. The number of nitrogens with zero attached hydrogens (tertiary/aromatic N) is 1. The number of carbonyl (C=O) groups is 4. The number of aromatic hydroxyl groups is 1. The number of phenolic OH excluding ortho intramolecular Hbond substituents is 1. The highest BCUT2D eigenvalue weighted by molar-refractivity contribution is 6.25. The molecule has 0 saturated heterocycles. The summed E-state index contributed by atoms with van der Waals surface area (Å²) < 4.78 is 0. The van der Waals surface area contributed by atoms with Crippen LogP contribution in [-0.4, -0.2) is 86.2 Å². The van der Waals surface area contributed by atoms with Gasteiger partial charge in [-0.1, -0.05) is 6.07 Å². The van der Waals surface area contributed by atoms with Crippen molar-refractivity contribution in [2.45, 2.75) is 24.5 Å². The molecule has 1 aromatic rings. The van der Waals surface area contributed by atoms with Gasteiger partial charge in [0.15, 0.2) is 17.1 Å². The van der Waals surface area contributed by atoms with Gasteiger partial charge in [0.05, 0.1) is 17.3 Å². The van der Waals surface area contributed by atoms with Gasteiger partial charge in [-0.05, 0) is 44.5 Å². The van der Waals surface area contributed by atoms with Crippen LogP contribution in [0.1, 0.15) is 22.3 Å². The van der Waals surface area contributed by atoms with E-state index in [-0.39, 0.29) is 29.7 Å². The number of amides is 2. The molecule has 0 aromatic heterocycles. The van der Waals surface area contributed by atoms with Crippen molar-refractivity contribution in [1.29, 1.82) is 0 Å². The number of rotatable bonds is 5. The fourth-order valence-electron chi connectivity index (χ4n) is 5.59. The standard InChI is InChI=1S/C23H26N4O9/c1-27(2)16-10-6-9-5-8-3-4-11(26-12(28)7-25-36)17(29)13(8)18(30)14(9)20(32)23(10,35)21(33)15(19(16)31)22(24)34/h3-4,9-10,16,25,29,31-32,35-36H,5-7H2,1-2H3,(H2,24,34)(H,26,28)/t9?,10?,16-,23?/m0/s1. The minimum atomic E-state index is -2.72. The minimum Gasteiger partial charge on any atom is -0.510 e. The number of hydrogen-bond donors (Lipinski definition) is 8. The molecule has 0 radical (unpaired) electrons. The van der Waals surface area contributed by atoms with Gasteiger partial charge in [0.1, 0.15) is 23.6 Å². The highest BCUT2D eigenvalue weighted by atomic mass is 16.5. The Balaban J connectivity index is 1.87. The Kier molecular flexibility index (Phi) is 6.12. The van der Waals surface area contributed by atoms with E-state index in [1.165, 1.54) is 17.0 Å². The summed E-state index contributed by atoms with van der Waals surface area (Å²) in [6, 6.07) is 1.83. The van der Waals surface area contributed by atoms with Crippen LogP contribution in [0.2, 0.25) is 0 Å². The lowest BCUT2D eigenvalue weighted by Gasteiger charge is -2.50. The number of aliphatic hydroxyl groups is 3. The zero-order chi connectivity index (χ0) is 26.7. The van der Waals surface area contributed by atoms with Crippen LogP contribution in [0, 0.1) is 11.8 Å². The Bertz CT molecular complexity index is 1270. The minimum absolute atomic E-state index is 0.0207. The Morgan fingerprint density at radius 1 is 1.19 bits per heavy atom. The second-order valence-corrected chi connectivity index (χ2v) is 9.34. The third-order valence-electron chi connectivity index (χ3n) is 7.11. The molecule has 3 unspecified atom stereocenters. The number of hydroxylamine groups is 1. The summed E-state index contributed by atoms with van der Waals surface area (Å²) in [6.07, 6.45) is 0.113. The lowest BCUT2D eigenvalue weighted by molar-refractivity contribution is -0.148. The zero-order valence-electron chi connectivity index (χ0n) is 19.4. The number of ketones is 2. The van der Waals surface area contributed by atoms with Crippen molar-refractivity contribution in [3.8, 4) is 5.75 Å². The van der Waals surface area contributed by atoms with Crippen LogP contribution in [0.3, 0.4) is 0 Å². The normalized spacial score (nSPS) is 27.5. The van der Waals surface area contributed by atoms with Gasteiger partial charge >= 0.3 is 0 Å². The van der Waals surface area contributed by atoms with Crippen LogP contribution in [0.25, 0.3) is 0 Å². The topological polar surface area (TPSA) is 223 Å². The van der Waals surface area contributed by atoms with Crippen molar-refractivity contribution in [1.82, 2.24) is 10.4 Å². The number of allylic oxidation sites excluding steroid dienone is 1. The van der Waals surface area contributed by atoms with Gasteiger partial charge in [0.25, 0.3) is 5.91 Å². The molecule has 2 amide bonds. The summed E-state index contributed by atoms with van der Waals surface area (Å²) >= 11 is 0. The second kappa shape index (κ2) is 8.71. The number of phenols is 1. The van der Waals surface area contributed by atoms with Gasteiger partial charge in [0.2, 0.25) is 11.7 Å². The van der Waals surface area contributed by atoms with Crippen molar-refractivity contribution in [2.75, 3.05) is 26.0 Å². The van der Waals surface area contributed by atoms with Crippen LogP contribution in [0.4, 0.5) is 5.69 Å². The summed E-state index contributed by atoms with van der Waals surface area (Å²) in [7, 11) is 3.10. The molecule has 4 rings (SSSR count). The predicted octanol–water partition coefficient (Wildman–Crippen LogP) is -0.962. The molecule has 9 N–H and O–H groups in total. The van der Waals surface area contributed by atoms with E-state index in [0.29, 0.717) is 5.56 Å². The molecular weight excluding hydrogens is 476 g/mol. The number of fused-ring (bicyclic) bond motifs is 3. The first kappa shape index (κ1) is 25.3. The molecule has 0 heterocycles. The van der Waals surface area contributed by atoms with Crippen LogP contribution in [0.5, 0.6) is 5.75 Å². The predicted molar refractivity (Wildman–Crippen MR) is 122 cm³/mol. The number of carbonyl (C=O) groups excluding carboxylic acids is 4. The van der Waals surface area contributed by atoms with E-state index in [4.69, 9.17) is 10.9 Å². The molecule has 36 heavy (non-hydrogen) atoms. The number of primary amides is 1. The van der Waals surface area contributed by atoms with Crippen LogP contribution in [0.15, 0.2) is 34.8 Å². The maximum absolute atomic E-state index is 13.5. The first-order valence-electron chi connectivity index (χ1n) is 11.0. The molecule has 0 bridgehead atoms. The summed E-state index contributed by atoms with van der Waals surface area (Å²) in [6.45, 7) is -0.482.